The van der Waals surface area contributed by atoms with Crippen LogP contribution in [0.4, 0.5) is 0 Å². The molecule has 0 saturated heterocycles. The Hall–Kier alpha value is -1.28. The lowest BCUT2D eigenvalue weighted by Crippen LogP contribution is -2.26. The molecule has 1 aliphatic rings. The minimum absolute atomic E-state index is 0.0897. The molecule has 0 unspecified atom stereocenters. The number of aromatic nitrogens is 1. The van der Waals surface area contributed by atoms with Crippen LogP contribution in [0, 0.1) is 0 Å². The Kier molecular flexibility index (Phi) is 3.36. The molecule has 0 bridgehead atoms. The first-order chi connectivity index (χ1) is 9.22. The van der Waals surface area contributed by atoms with E-state index in [2.05, 4.69) is 13.0 Å². The summed E-state index contributed by atoms with van der Waals surface area (Å²) in [6.45, 7) is 2.11. The van der Waals surface area contributed by atoms with E-state index >= 15 is 0 Å². The van der Waals surface area contributed by atoms with Gasteiger partial charge in [0, 0.05) is 11.7 Å². The van der Waals surface area contributed by atoms with E-state index in [4.69, 9.17) is 11.6 Å². The van der Waals surface area contributed by atoms with Crippen molar-refractivity contribution in [2.75, 3.05) is 0 Å². The van der Waals surface area contributed by atoms with Crippen LogP contribution in [0.2, 0.25) is 5.02 Å². The van der Waals surface area contributed by atoms with Gasteiger partial charge < -0.3 is 4.57 Å². The van der Waals surface area contributed by atoms with Gasteiger partial charge in [-0.1, -0.05) is 43.5 Å². The van der Waals surface area contributed by atoms with Crippen LogP contribution < -0.4 is 5.56 Å². The Bertz CT molecular complexity index is 668. The number of rotatable bonds is 2. The van der Waals surface area contributed by atoms with E-state index in [1.165, 1.54) is 12.8 Å². The zero-order chi connectivity index (χ0) is 13.4. The molecule has 1 aliphatic carbocycles. The summed E-state index contributed by atoms with van der Waals surface area (Å²) < 4.78 is 2.00. The van der Waals surface area contributed by atoms with Crippen LogP contribution in [0.25, 0.3) is 10.8 Å². The molecule has 100 valence electrons. The summed E-state index contributed by atoms with van der Waals surface area (Å²) in [5, 5.41) is 2.20. The number of pyridine rings is 1. The van der Waals surface area contributed by atoms with Crippen LogP contribution in [-0.4, -0.2) is 4.57 Å². The van der Waals surface area contributed by atoms with Gasteiger partial charge >= 0.3 is 0 Å². The van der Waals surface area contributed by atoms with Crippen molar-refractivity contribution in [3.8, 4) is 0 Å². The Labute approximate surface area is 118 Å². The van der Waals surface area contributed by atoms with Crippen molar-refractivity contribution >= 4 is 22.4 Å². The lowest BCUT2D eigenvalue weighted by Gasteiger charge is -2.19. The molecular weight excluding hydrogens is 258 g/mol. The second kappa shape index (κ2) is 5.01. The van der Waals surface area contributed by atoms with Crippen LogP contribution in [0.5, 0.6) is 0 Å². The molecule has 0 aliphatic heterocycles. The van der Waals surface area contributed by atoms with E-state index in [1.807, 2.05) is 16.7 Å². The highest BCUT2D eigenvalue weighted by Gasteiger charge is 2.21. The molecular formula is C16H18ClNO. The molecule has 19 heavy (non-hydrogen) atoms. The summed E-state index contributed by atoms with van der Waals surface area (Å²) in [6, 6.07) is 8.17. The number of nitrogens with zero attached hydrogens (tertiary/aromatic N) is 1. The van der Waals surface area contributed by atoms with Crippen LogP contribution in [0.1, 0.15) is 44.3 Å². The average molecular weight is 276 g/mol. The van der Waals surface area contributed by atoms with Gasteiger partial charge in [-0.3, -0.25) is 4.79 Å². The van der Waals surface area contributed by atoms with Gasteiger partial charge in [0.2, 0.25) is 0 Å². The number of halogens is 1. The zero-order valence-electron chi connectivity index (χ0n) is 11.2. The first-order valence-corrected chi connectivity index (χ1v) is 7.43. The smallest absolute Gasteiger partial charge is 0.260 e. The maximum atomic E-state index is 12.8. The van der Waals surface area contributed by atoms with Gasteiger partial charge in [0.05, 0.1) is 10.4 Å². The van der Waals surface area contributed by atoms with Gasteiger partial charge in [0.15, 0.2) is 0 Å². The molecule has 1 saturated carbocycles. The molecule has 1 aromatic carbocycles. The molecule has 1 aromatic heterocycles. The first kappa shape index (κ1) is 12.7. The maximum absolute atomic E-state index is 12.8. The second-order valence-electron chi connectivity index (χ2n) is 5.31. The lowest BCUT2D eigenvalue weighted by atomic mass is 10.1. The Morgan fingerprint density at radius 1 is 1.32 bits per heavy atom. The molecule has 0 radical (unpaired) electrons. The predicted octanol–water partition coefficient (Wildman–Crippen LogP) is 4.33. The first-order valence-electron chi connectivity index (χ1n) is 7.05. The summed E-state index contributed by atoms with van der Waals surface area (Å²) in [7, 11) is 0. The number of aryl methyl sites for hydroxylation is 1. The van der Waals surface area contributed by atoms with Crippen molar-refractivity contribution in [1.82, 2.24) is 4.57 Å². The normalized spacial score (nSPS) is 16.3. The molecule has 3 rings (SSSR count). The van der Waals surface area contributed by atoms with Crippen molar-refractivity contribution in [2.24, 2.45) is 0 Å². The third-order valence-corrected chi connectivity index (χ3v) is 4.48. The molecule has 0 amide bonds. The maximum Gasteiger partial charge on any atom is 0.260 e. The van der Waals surface area contributed by atoms with Gasteiger partial charge in [0.1, 0.15) is 0 Å². The van der Waals surface area contributed by atoms with Crippen LogP contribution >= 0.6 is 11.6 Å². The summed E-state index contributed by atoms with van der Waals surface area (Å²) in [4.78, 5) is 12.8. The van der Waals surface area contributed by atoms with Crippen LogP contribution in [0.15, 0.2) is 29.1 Å². The topological polar surface area (TPSA) is 22.0 Å². The summed E-state index contributed by atoms with van der Waals surface area (Å²) in [5.74, 6) is 0. The number of hydrogen-bond donors (Lipinski definition) is 0. The highest BCUT2D eigenvalue weighted by molar-refractivity contribution is 6.35. The van der Waals surface area contributed by atoms with Gasteiger partial charge in [-0.05, 0) is 36.8 Å². The van der Waals surface area contributed by atoms with E-state index in [1.54, 1.807) is 6.07 Å². The van der Waals surface area contributed by atoms with Crippen LogP contribution in [-0.2, 0) is 6.42 Å². The van der Waals surface area contributed by atoms with Crippen LogP contribution in [0.3, 0.4) is 0 Å². The minimum atomic E-state index is 0.0897. The van der Waals surface area contributed by atoms with Crippen molar-refractivity contribution in [3.05, 3.63) is 45.3 Å². The SMILES string of the molecule is CCc1cc2cccc(Cl)c2c(=O)n1C1CCCC1. The molecule has 0 N–H and O–H groups in total. The fourth-order valence-corrected chi connectivity index (χ4v) is 3.48. The van der Waals surface area contributed by atoms with E-state index in [-0.39, 0.29) is 5.56 Å². The summed E-state index contributed by atoms with van der Waals surface area (Å²) >= 11 is 6.22. The average Bonchev–Trinajstić information content (AvgIpc) is 2.91. The van der Waals surface area contributed by atoms with Gasteiger partial charge in [0.25, 0.3) is 5.56 Å². The molecule has 2 aromatic rings. The number of hydrogen-bond acceptors (Lipinski definition) is 1. The van der Waals surface area contributed by atoms with Crippen molar-refractivity contribution in [1.29, 1.82) is 0 Å². The van der Waals surface area contributed by atoms with Gasteiger partial charge in [-0.15, -0.1) is 0 Å². The van der Waals surface area contributed by atoms with E-state index in [0.717, 1.165) is 30.3 Å². The van der Waals surface area contributed by atoms with Crippen molar-refractivity contribution < 1.29 is 0 Å². The van der Waals surface area contributed by atoms with Gasteiger partial charge in [-0.25, -0.2) is 0 Å². The highest BCUT2D eigenvalue weighted by atomic mass is 35.5. The highest BCUT2D eigenvalue weighted by Crippen LogP contribution is 2.31. The minimum Gasteiger partial charge on any atom is -0.309 e. The number of fused-ring (bicyclic) bond motifs is 1. The monoisotopic (exact) mass is 275 g/mol. The van der Waals surface area contributed by atoms with Crippen molar-refractivity contribution in [3.63, 3.8) is 0 Å². The summed E-state index contributed by atoms with van der Waals surface area (Å²) in [5.41, 5.74) is 1.22. The largest absolute Gasteiger partial charge is 0.309 e. The molecule has 1 heterocycles. The summed E-state index contributed by atoms with van der Waals surface area (Å²) in [6.07, 6.45) is 5.56. The fraction of sp³-hybridized carbons (Fsp3) is 0.438. The third-order valence-electron chi connectivity index (χ3n) is 4.16. The number of benzene rings is 1. The second-order valence-corrected chi connectivity index (χ2v) is 5.71. The fourth-order valence-electron chi connectivity index (χ4n) is 3.22. The van der Waals surface area contributed by atoms with E-state index in [9.17, 15) is 4.79 Å². The molecule has 0 spiro atoms. The predicted molar refractivity (Wildman–Crippen MR) is 80.1 cm³/mol. The van der Waals surface area contributed by atoms with E-state index < -0.39 is 0 Å². The molecule has 1 fully saturated rings. The lowest BCUT2D eigenvalue weighted by molar-refractivity contribution is 0.488. The van der Waals surface area contributed by atoms with E-state index in [0.29, 0.717) is 16.5 Å². The Balaban J connectivity index is 2.33. The quantitative estimate of drug-likeness (QED) is 0.799. The standard InChI is InChI=1S/C16H18ClNO/c1-2-12-10-11-6-5-9-14(17)15(11)16(19)18(12)13-7-3-4-8-13/h5-6,9-10,13H,2-4,7-8H2,1H3. The third kappa shape index (κ3) is 2.08. The molecule has 3 heteroatoms. The van der Waals surface area contributed by atoms with Crippen molar-refractivity contribution in [2.45, 2.75) is 45.1 Å². The van der Waals surface area contributed by atoms with Gasteiger partial charge in [-0.2, -0.15) is 0 Å². The zero-order valence-corrected chi connectivity index (χ0v) is 11.9. The Morgan fingerprint density at radius 2 is 2.05 bits per heavy atom. The molecule has 2 nitrogen and oxygen atoms in total. The Morgan fingerprint density at radius 3 is 2.74 bits per heavy atom. The molecule has 0 atom stereocenters.